The van der Waals surface area contributed by atoms with Crippen LogP contribution in [0.15, 0.2) is 23.1 Å². The van der Waals surface area contributed by atoms with Crippen LogP contribution in [0.5, 0.6) is 0 Å². The highest BCUT2D eigenvalue weighted by Gasteiger charge is 2.55. The van der Waals surface area contributed by atoms with Gasteiger partial charge in [0.05, 0.1) is 15.6 Å². The van der Waals surface area contributed by atoms with Crippen molar-refractivity contribution in [3.63, 3.8) is 0 Å². The van der Waals surface area contributed by atoms with Crippen molar-refractivity contribution in [1.29, 1.82) is 0 Å². The van der Waals surface area contributed by atoms with E-state index < -0.39 is 27.7 Å². The first-order valence-electron chi connectivity index (χ1n) is 8.93. The van der Waals surface area contributed by atoms with Crippen LogP contribution < -0.4 is 10.0 Å². The quantitative estimate of drug-likeness (QED) is 0.501. The predicted octanol–water partition coefficient (Wildman–Crippen LogP) is 1.88. The van der Waals surface area contributed by atoms with Crippen LogP contribution >= 0.6 is 11.6 Å². The number of amides is 2. The lowest BCUT2D eigenvalue weighted by atomic mass is 10.1. The number of aliphatic hydroxyl groups is 1. The highest BCUT2D eigenvalue weighted by atomic mass is 35.5. The smallest absolute Gasteiger partial charge is 0.373 e. The van der Waals surface area contributed by atoms with Crippen LogP contribution in [-0.2, 0) is 19.6 Å². The van der Waals surface area contributed by atoms with Gasteiger partial charge < -0.3 is 15.3 Å². The number of anilines is 1. The van der Waals surface area contributed by atoms with Crippen molar-refractivity contribution in [2.75, 3.05) is 25.0 Å². The summed E-state index contributed by atoms with van der Waals surface area (Å²) in [4.78, 5) is 24.6. The van der Waals surface area contributed by atoms with Crippen LogP contribution in [0.3, 0.4) is 0 Å². The molecule has 0 unspecified atom stereocenters. The van der Waals surface area contributed by atoms with Gasteiger partial charge in [0.2, 0.25) is 21.5 Å². The number of hydrogen-bond acceptors (Lipinski definition) is 5. The molecule has 0 bridgehead atoms. The van der Waals surface area contributed by atoms with Crippen LogP contribution in [0.1, 0.15) is 26.2 Å². The zero-order chi connectivity index (χ0) is 22.7. The van der Waals surface area contributed by atoms with Gasteiger partial charge in [-0.05, 0) is 38.0 Å². The maximum atomic E-state index is 12.7. The lowest BCUT2D eigenvalue weighted by Crippen LogP contribution is -2.52. The number of carbonyl (C=O) groups is 2. The van der Waals surface area contributed by atoms with Crippen LogP contribution in [0, 0.1) is 0 Å². The Morgan fingerprint density at radius 1 is 1.33 bits per heavy atom. The molecule has 0 spiro atoms. The molecule has 30 heavy (non-hydrogen) atoms. The number of alkyl halides is 3. The minimum atomic E-state index is -5.21. The van der Waals surface area contributed by atoms with E-state index in [2.05, 4.69) is 4.72 Å². The van der Waals surface area contributed by atoms with Gasteiger partial charge in [-0.25, -0.2) is 13.1 Å². The van der Waals surface area contributed by atoms with Gasteiger partial charge in [0.25, 0.3) is 5.91 Å². The number of benzene rings is 1. The van der Waals surface area contributed by atoms with Crippen molar-refractivity contribution in [3.8, 4) is 0 Å². The maximum absolute atomic E-state index is 12.7. The second-order valence-electron chi connectivity index (χ2n) is 6.90. The van der Waals surface area contributed by atoms with Crippen LogP contribution in [0.2, 0.25) is 5.02 Å². The van der Waals surface area contributed by atoms with E-state index in [1.54, 1.807) is 4.90 Å². The average molecular weight is 472 g/mol. The first-order valence-corrected chi connectivity index (χ1v) is 10.8. The number of sulfonamides is 1. The summed E-state index contributed by atoms with van der Waals surface area (Å²) in [5, 5.41) is 10.9. The van der Waals surface area contributed by atoms with Crippen LogP contribution in [0.4, 0.5) is 18.9 Å². The van der Waals surface area contributed by atoms with E-state index in [1.807, 2.05) is 5.32 Å². The van der Waals surface area contributed by atoms with E-state index in [9.17, 15) is 36.3 Å². The fraction of sp³-hybridized carbons (Fsp3) is 0.529. The highest BCUT2D eigenvalue weighted by molar-refractivity contribution is 7.89. The van der Waals surface area contributed by atoms with E-state index >= 15 is 0 Å². The number of hydrogen-bond donors (Lipinski definition) is 3. The normalized spacial score (nSPS) is 17.1. The summed E-state index contributed by atoms with van der Waals surface area (Å²) in [5.74, 6) is -1.73. The summed E-state index contributed by atoms with van der Waals surface area (Å²) in [7, 11) is -3.97. The Balaban J connectivity index is 1.99. The monoisotopic (exact) mass is 471 g/mol. The lowest BCUT2D eigenvalue weighted by molar-refractivity contribution is -0.242. The van der Waals surface area contributed by atoms with Gasteiger partial charge in [0, 0.05) is 26.1 Å². The summed E-state index contributed by atoms with van der Waals surface area (Å²) >= 11 is 5.89. The molecule has 168 valence electrons. The Kier molecular flexibility index (Phi) is 7.38. The fourth-order valence-electron chi connectivity index (χ4n) is 2.64. The zero-order valence-corrected chi connectivity index (χ0v) is 17.5. The van der Waals surface area contributed by atoms with Gasteiger partial charge in [-0.2, -0.15) is 13.2 Å². The molecule has 0 aliphatic carbocycles. The third-order valence-electron chi connectivity index (χ3n) is 4.56. The number of nitrogens with zero attached hydrogens (tertiary/aromatic N) is 1. The molecule has 0 aromatic heterocycles. The summed E-state index contributed by atoms with van der Waals surface area (Å²) in [6.45, 7) is 1.42. The summed E-state index contributed by atoms with van der Waals surface area (Å²) in [6.07, 6.45) is -3.54. The Morgan fingerprint density at radius 2 is 2.00 bits per heavy atom. The molecule has 1 saturated heterocycles. The van der Waals surface area contributed by atoms with E-state index in [0.29, 0.717) is 25.9 Å². The average Bonchev–Trinajstić information content (AvgIpc) is 3.04. The number of nitrogens with one attached hydrogen (secondary N) is 2. The molecule has 0 saturated carbocycles. The third-order valence-corrected chi connectivity index (χ3v) is 6.33. The highest BCUT2D eigenvalue weighted by Crippen LogP contribution is 2.32. The molecular formula is C17H21ClF3N3O5S. The molecule has 0 radical (unpaired) electrons. The van der Waals surface area contributed by atoms with Crippen LogP contribution in [-0.4, -0.2) is 61.7 Å². The van der Waals surface area contributed by atoms with E-state index in [0.717, 1.165) is 24.6 Å². The van der Waals surface area contributed by atoms with Gasteiger partial charge in [0.15, 0.2) is 0 Å². The predicted molar refractivity (Wildman–Crippen MR) is 102 cm³/mol. The second kappa shape index (κ2) is 9.08. The molecule has 1 aliphatic heterocycles. The van der Waals surface area contributed by atoms with Crippen molar-refractivity contribution >= 4 is 39.1 Å². The van der Waals surface area contributed by atoms with Gasteiger partial charge in [-0.1, -0.05) is 11.6 Å². The molecule has 3 N–H and O–H groups in total. The molecule has 2 amide bonds. The van der Waals surface area contributed by atoms with E-state index in [4.69, 9.17) is 11.6 Å². The summed E-state index contributed by atoms with van der Waals surface area (Å²) in [5.41, 5.74) is -3.95. The SMILES string of the molecule is C[C@@](O)(C(=O)Nc1ccc(S(=O)(=O)NCCCN2CCCC2=O)cc1Cl)C(F)(F)F. The van der Waals surface area contributed by atoms with Crippen molar-refractivity contribution in [2.45, 2.75) is 42.9 Å². The maximum Gasteiger partial charge on any atom is 0.426 e. The van der Waals surface area contributed by atoms with E-state index in [-0.39, 0.29) is 35.0 Å². The van der Waals surface area contributed by atoms with Gasteiger partial charge in [0.1, 0.15) is 0 Å². The summed E-state index contributed by atoms with van der Waals surface area (Å²) < 4.78 is 65.2. The fourth-order valence-corrected chi connectivity index (χ4v) is 4.03. The molecule has 1 aromatic rings. The van der Waals surface area contributed by atoms with Gasteiger partial charge in [-0.15, -0.1) is 0 Å². The number of rotatable bonds is 8. The Labute approximate surface area is 176 Å². The number of carbonyl (C=O) groups excluding carboxylic acids is 2. The second-order valence-corrected chi connectivity index (χ2v) is 9.08. The van der Waals surface area contributed by atoms with Crippen molar-refractivity contribution in [3.05, 3.63) is 23.2 Å². The van der Waals surface area contributed by atoms with Gasteiger partial charge >= 0.3 is 6.18 Å². The van der Waals surface area contributed by atoms with Crippen molar-refractivity contribution < 1.29 is 36.3 Å². The largest absolute Gasteiger partial charge is 0.426 e. The Hall–Kier alpha value is -1.89. The topological polar surface area (TPSA) is 116 Å². The minimum absolute atomic E-state index is 0.0341. The minimum Gasteiger partial charge on any atom is -0.373 e. The molecule has 1 aromatic carbocycles. The first kappa shape index (κ1) is 24.4. The number of halogens is 4. The van der Waals surface area contributed by atoms with Crippen LogP contribution in [0.25, 0.3) is 0 Å². The zero-order valence-electron chi connectivity index (χ0n) is 15.9. The molecular weight excluding hydrogens is 451 g/mol. The molecule has 2 rings (SSSR count). The third kappa shape index (κ3) is 5.62. The standard InChI is InChI=1S/C17H21ClF3N3O5S/c1-16(27,17(19,20)21)15(26)23-13-6-5-11(10-12(13)18)30(28,29)22-7-3-9-24-8-2-4-14(24)25/h5-6,10,22,27H,2-4,7-9H2,1H3,(H,23,26)/t16-/m1/s1. The van der Waals surface area contributed by atoms with Crippen molar-refractivity contribution in [1.82, 2.24) is 9.62 Å². The Morgan fingerprint density at radius 3 is 2.53 bits per heavy atom. The molecule has 1 aliphatic rings. The molecule has 1 fully saturated rings. The molecule has 8 nitrogen and oxygen atoms in total. The number of likely N-dealkylation sites (tertiary alicyclic amines) is 1. The lowest BCUT2D eigenvalue weighted by Gasteiger charge is -2.25. The van der Waals surface area contributed by atoms with Crippen molar-refractivity contribution in [2.24, 2.45) is 0 Å². The molecule has 13 heteroatoms. The van der Waals surface area contributed by atoms with Gasteiger partial charge in [-0.3, -0.25) is 9.59 Å². The first-order chi connectivity index (χ1) is 13.8. The Bertz CT molecular complexity index is 922. The summed E-state index contributed by atoms with van der Waals surface area (Å²) in [6, 6.07) is 3.03. The molecule has 1 atom stereocenters. The molecule has 1 heterocycles. The van der Waals surface area contributed by atoms with E-state index in [1.165, 1.54) is 0 Å².